The Morgan fingerprint density at radius 2 is 2.19 bits per heavy atom. The van der Waals surface area contributed by atoms with Gasteiger partial charge in [0.05, 0.1) is 6.42 Å². The summed E-state index contributed by atoms with van der Waals surface area (Å²) in [6.45, 7) is 0.141. The van der Waals surface area contributed by atoms with E-state index >= 15 is 0 Å². The number of aryl methyl sites for hydroxylation is 1. The number of aliphatic carboxylic acids is 1. The Labute approximate surface area is 91.0 Å². The average molecular weight is 218 g/mol. The first kappa shape index (κ1) is 10.4. The van der Waals surface area contributed by atoms with E-state index in [1.165, 1.54) is 10.6 Å². The van der Waals surface area contributed by atoms with Crippen molar-refractivity contribution in [3.8, 4) is 0 Å². The van der Waals surface area contributed by atoms with Crippen LogP contribution in [0.25, 0.3) is 11.0 Å². The fourth-order valence-electron chi connectivity index (χ4n) is 1.54. The van der Waals surface area contributed by atoms with E-state index in [9.17, 15) is 9.59 Å². The van der Waals surface area contributed by atoms with Crippen LogP contribution in [0.5, 0.6) is 0 Å². The quantitative estimate of drug-likeness (QED) is 0.829. The molecule has 2 rings (SSSR count). The summed E-state index contributed by atoms with van der Waals surface area (Å²) < 4.78 is 1.38. The van der Waals surface area contributed by atoms with Crippen molar-refractivity contribution >= 4 is 17.0 Å². The molecular formula is C11H10N2O3. The first-order valence-electron chi connectivity index (χ1n) is 4.85. The van der Waals surface area contributed by atoms with Gasteiger partial charge in [0.2, 0.25) is 0 Å². The zero-order chi connectivity index (χ0) is 11.5. The minimum atomic E-state index is -0.931. The van der Waals surface area contributed by atoms with E-state index in [0.29, 0.717) is 5.65 Å². The average Bonchev–Trinajstić information content (AvgIpc) is 2.27. The van der Waals surface area contributed by atoms with Gasteiger partial charge in [-0.25, -0.2) is 4.98 Å². The molecule has 2 aromatic rings. The Balaban J connectivity index is 2.53. The van der Waals surface area contributed by atoms with Gasteiger partial charge in [-0.1, -0.05) is 0 Å². The molecule has 0 fully saturated rings. The lowest BCUT2D eigenvalue weighted by atomic mass is 10.3. The summed E-state index contributed by atoms with van der Waals surface area (Å²) in [4.78, 5) is 26.1. The molecule has 82 valence electrons. The van der Waals surface area contributed by atoms with Crippen LogP contribution in [0.3, 0.4) is 0 Å². The van der Waals surface area contributed by atoms with Gasteiger partial charge >= 0.3 is 5.97 Å². The molecule has 0 saturated carbocycles. The van der Waals surface area contributed by atoms with Gasteiger partial charge in [0.15, 0.2) is 0 Å². The molecule has 0 bridgehead atoms. The standard InChI is InChI=1S/C11H10N2O3/c14-9-4-3-8-2-1-6-12-11(8)13(9)7-5-10(15)16/h1-4,6H,5,7H2,(H,15,16). The van der Waals surface area contributed by atoms with Crippen molar-refractivity contribution in [3.05, 3.63) is 40.8 Å². The highest BCUT2D eigenvalue weighted by atomic mass is 16.4. The molecule has 5 heteroatoms. The van der Waals surface area contributed by atoms with Gasteiger partial charge < -0.3 is 5.11 Å². The lowest BCUT2D eigenvalue weighted by molar-refractivity contribution is -0.137. The molecule has 0 aliphatic heterocycles. The van der Waals surface area contributed by atoms with Gasteiger partial charge in [0, 0.05) is 24.2 Å². The Kier molecular flexibility index (Phi) is 2.68. The summed E-state index contributed by atoms with van der Waals surface area (Å²) in [5, 5.41) is 9.43. The van der Waals surface area contributed by atoms with Crippen LogP contribution in [0.2, 0.25) is 0 Å². The van der Waals surface area contributed by atoms with Crippen LogP contribution in [-0.2, 0) is 11.3 Å². The van der Waals surface area contributed by atoms with E-state index in [2.05, 4.69) is 4.98 Å². The predicted octanol–water partition coefficient (Wildman–Crippen LogP) is 0.871. The normalized spacial score (nSPS) is 10.5. The minimum Gasteiger partial charge on any atom is -0.481 e. The Morgan fingerprint density at radius 3 is 2.94 bits per heavy atom. The first-order chi connectivity index (χ1) is 7.68. The molecule has 2 heterocycles. The maximum atomic E-state index is 11.6. The van der Waals surface area contributed by atoms with Crippen molar-refractivity contribution < 1.29 is 9.90 Å². The van der Waals surface area contributed by atoms with E-state index < -0.39 is 5.97 Å². The Bertz CT molecular complexity index is 589. The number of carbonyl (C=O) groups is 1. The molecule has 5 nitrogen and oxygen atoms in total. The number of hydrogen-bond donors (Lipinski definition) is 1. The SMILES string of the molecule is O=C(O)CCn1c(=O)ccc2cccnc21. The second-order valence-electron chi connectivity index (χ2n) is 3.38. The maximum Gasteiger partial charge on any atom is 0.305 e. The number of carboxylic acids is 1. The summed E-state index contributed by atoms with van der Waals surface area (Å²) in [5.41, 5.74) is 0.295. The molecule has 0 radical (unpaired) electrons. The zero-order valence-electron chi connectivity index (χ0n) is 8.46. The summed E-state index contributed by atoms with van der Waals surface area (Å²) in [5.74, 6) is -0.931. The van der Waals surface area contributed by atoms with Crippen LogP contribution < -0.4 is 5.56 Å². The smallest absolute Gasteiger partial charge is 0.305 e. The van der Waals surface area contributed by atoms with Crippen LogP contribution in [0.4, 0.5) is 0 Å². The number of aromatic nitrogens is 2. The maximum absolute atomic E-state index is 11.6. The fraction of sp³-hybridized carbons (Fsp3) is 0.182. The third kappa shape index (κ3) is 1.93. The van der Waals surface area contributed by atoms with Crippen molar-refractivity contribution in [2.75, 3.05) is 0 Å². The predicted molar refractivity (Wildman–Crippen MR) is 58.3 cm³/mol. The second kappa shape index (κ2) is 4.14. The molecule has 0 amide bonds. The highest BCUT2D eigenvalue weighted by Gasteiger charge is 2.05. The van der Waals surface area contributed by atoms with E-state index in [1.54, 1.807) is 18.3 Å². The van der Waals surface area contributed by atoms with Gasteiger partial charge in [0.1, 0.15) is 5.65 Å². The molecule has 0 saturated heterocycles. The van der Waals surface area contributed by atoms with Crippen molar-refractivity contribution in [2.24, 2.45) is 0 Å². The number of carboxylic acid groups (broad SMARTS) is 1. The van der Waals surface area contributed by atoms with Crippen LogP contribution in [0, 0.1) is 0 Å². The van der Waals surface area contributed by atoms with Crippen LogP contribution >= 0.6 is 0 Å². The van der Waals surface area contributed by atoms with Crippen LogP contribution in [-0.4, -0.2) is 20.6 Å². The third-order valence-corrected chi connectivity index (χ3v) is 2.29. The lowest BCUT2D eigenvalue weighted by Crippen LogP contribution is -2.21. The largest absolute Gasteiger partial charge is 0.481 e. The molecule has 0 unspecified atom stereocenters. The molecular weight excluding hydrogens is 208 g/mol. The number of hydrogen-bond acceptors (Lipinski definition) is 3. The van der Waals surface area contributed by atoms with Crippen molar-refractivity contribution in [2.45, 2.75) is 13.0 Å². The van der Waals surface area contributed by atoms with Gasteiger partial charge in [0.25, 0.3) is 5.56 Å². The Hall–Kier alpha value is -2.17. The molecule has 0 aromatic carbocycles. The van der Waals surface area contributed by atoms with Gasteiger partial charge in [-0.15, -0.1) is 0 Å². The van der Waals surface area contributed by atoms with E-state index in [1.807, 2.05) is 6.07 Å². The van der Waals surface area contributed by atoms with Gasteiger partial charge in [-0.05, 0) is 18.2 Å². The summed E-state index contributed by atoms with van der Waals surface area (Å²) >= 11 is 0. The monoisotopic (exact) mass is 218 g/mol. The second-order valence-corrected chi connectivity index (χ2v) is 3.38. The summed E-state index contributed by atoms with van der Waals surface area (Å²) in [6, 6.07) is 6.71. The van der Waals surface area contributed by atoms with E-state index in [0.717, 1.165) is 5.39 Å². The van der Waals surface area contributed by atoms with Gasteiger partial charge in [-0.3, -0.25) is 14.2 Å². The van der Waals surface area contributed by atoms with Crippen molar-refractivity contribution in [3.63, 3.8) is 0 Å². The molecule has 0 aliphatic carbocycles. The molecule has 0 spiro atoms. The van der Waals surface area contributed by atoms with Crippen molar-refractivity contribution in [1.82, 2.24) is 9.55 Å². The highest BCUT2D eigenvalue weighted by Crippen LogP contribution is 2.07. The van der Waals surface area contributed by atoms with E-state index in [4.69, 9.17) is 5.11 Å². The summed E-state index contributed by atoms with van der Waals surface area (Å²) in [6.07, 6.45) is 1.49. The summed E-state index contributed by atoms with van der Waals surface area (Å²) in [7, 11) is 0. The van der Waals surface area contributed by atoms with Crippen LogP contribution in [0.15, 0.2) is 35.3 Å². The molecule has 0 atom stereocenters. The topological polar surface area (TPSA) is 72.2 Å². The Morgan fingerprint density at radius 1 is 1.38 bits per heavy atom. The van der Waals surface area contributed by atoms with Crippen LogP contribution in [0.1, 0.15) is 6.42 Å². The molecule has 2 aromatic heterocycles. The third-order valence-electron chi connectivity index (χ3n) is 2.29. The highest BCUT2D eigenvalue weighted by molar-refractivity contribution is 5.74. The first-order valence-corrected chi connectivity index (χ1v) is 4.85. The fourth-order valence-corrected chi connectivity index (χ4v) is 1.54. The molecule has 1 N–H and O–H groups in total. The van der Waals surface area contributed by atoms with Gasteiger partial charge in [-0.2, -0.15) is 0 Å². The number of fused-ring (bicyclic) bond motifs is 1. The number of nitrogens with zero attached hydrogens (tertiary/aromatic N) is 2. The number of rotatable bonds is 3. The molecule has 16 heavy (non-hydrogen) atoms. The lowest BCUT2D eigenvalue weighted by Gasteiger charge is -2.06. The molecule has 0 aliphatic rings. The zero-order valence-corrected chi connectivity index (χ0v) is 8.46. The van der Waals surface area contributed by atoms with E-state index in [-0.39, 0.29) is 18.5 Å². The number of pyridine rings is 2. The van der Waals surface area contributed by atoms with Crippen molar-refractivity contribution in [1.29, 1.82) is 0 Å². The minimum absolute atomic E-state index is 0.0877.